The Morgan fingerprint density at radius 3 is 2.54 bits per heavy atom. The van der Waals surface area contributed by atoms with Gasteiger partial charge in [-0.15, -0.1) is 0 Å². The normalized spacial score (nSPS) is 11.7. The lowest BCUT2D eigenvalue weighted by Gasteiger charge is -2.17. The smallest absolute Gasteiger partial charge is 0.257 e. The van der Waals surface area contributed by atoms with Crippen LogP contribution >= 0.6 is 12.2 Å². The van der Waals surface area contributed by atoms with Crippen LogP contribution in [0.5, 0.6) is 0 Å². The molecule has 0 fully saturated rings. The molecule has 3 nitrogen and oxygen atoms in total. The monoisotopic (exact) mass is 340 g/mol. The number of hydrogen-bond donors (Lipinski definition) is 2. The molecular formula is C20H24N2OS. The van der Waals surface area contributed by atoms with Crippen molar-refractivity contribution in [1.29, 1.82) is 0 Å². The maximum Gasteiger partial charge on any atom is 0.257 e. The van der Waals surface area contributed by atoms with Crippen LogP contribution in [0.15, 0.2) is 42.5 Å². The average Bonchev–Trinajstić information content (AvgIpc) is 2.54. The number of nitrogens with one attached hydrogen (secondary N) is 2. The Balaban J connectivity index is 2.10. The van der Waals surface area contributed by atoms with Gasteiger partial charge in [-0.1, -0.05) is 49.7 Å². The molecule has 2 aromatic rings. The van der Waals surface area contributed by atoms with Gasteiger partial charge in [-0.05, 0) is 61.7 Å². The Kier molecular flexibility index (Phi) is 6.10. The first kappa shape index (κ1) is 18.1. The summed E-state index contributed by atoms with van der Waals surface area (Å²) in [5.41, 5.74) is 4.85. The number of anilines is 1. The summed E-state index contributed by atoms with van der Waals surface area (Å²) in [7, 11) is 0. The topological polar surface area (TPSA) is 41.1 Å². The number of amides is 1. The molecular weight excluding hydrogens is 316 g/mol. The molecule has 2 rings (SSSR count). The van der Waals surface area contributed by atoms with Crippen LogP contribution in [0.25, 0.3) is 0 Å². The second-order valence-electron chi connectivity index (χ2n) is 6.12. The molecule has 0 saturated heterocycles. The summed E-state index contributed by atoms with van der Waals surface area (Å²) in [6.45, 7) is 8.27. The van der Waals surface area contributed by atoms with E-state index >= 15 is 0 Å². The van der Waals surface area contributed by atoms with Crippen molar-refractivity contribution in [1.82, 2.24) is 5.32 Å². The number of hydrogen-bond acceptors (Lipinski definition) is 2. The Labute approximate surface area is 149 Å². The number of carbonyl (C=O) groups is 1. The van der Waals surface area contributed by atoms with Gasteiger partial charge in [0.2, 0.25) is 0 Å². The van der Waals surface area contributed by atoms with Gasteiger partial charge in [0.05, 0.1) is 0 Å². The summed E-state index contributed by atoms with van der Waals surface area (Å²) in [4.78, 5) is 12.4. The highest BCUT2D eigenvalue weighted by atomic mass is 32.1. The lowest BCUT2D eigenvalue weighted by Crippen LogP contribution is -2.34. The van der Waals surface area contributed by atoms with Gasteiger partial charge in [-0.3, -0.25) is 10.1 Å². The number of thiocarbonyl (C=S) groups is 1. The van der Waals surface area contributed by atoms with Crippen molar-refractivity contribution in [3.8, 4) is 0 Å². The van der Waals surface area contributed by atoms with Crippen molar-refractivity contribution in [2.45, 2.75) is 40.0 Å². The molecule has 0 heterocycles. The molecule has 0 aliphatic rings. The van der Waals surface area contributed by atoms with E-state index < -0.39 is 0 Å². The zero-order chi connectivity index (χ0) is 17.7. The third kappa shape index (κ3) is 4.42. The van der Waals surface area contributed by atoms with E-state index in [2.05, 4.69) is 30.5 Å². The Morgan fingerprint density at radius 2 is 1.88 bits per heavy atom. The quantitative estimate of drug-likeness (QED) is 0.774. The molecule has 0 aliphatic heterocycles. The number of aryl methyl sites for hydroxylation is 2. The lowest BCUT2D eigenvalue weighted by atomic mass is 9.97. The Morgan fingerprint density at radius 1 is 1.17 bits per heavy atom. The van der Waals surface area contributed by atoms with Crippen molar-refractivity contribution >= 4 is 28.9 Å². The number of carbonyl (C=O) groups excluding carboxylic acids is 1. The van der Waals surface area contributed by atoms with Crippen LogP contribution < -0.4 is 10.6 Å². The highest BCUT2D eigenvalue weighted by Gasteiger charge is 2.13. The first-order valence-electron chi connectivity index (χ1n) is 8.21. The van der Waals surface area contributed by atoms with E-state index in [1.807, 2.05) is 50.2 Å². The molecule has 0 bridgehead atoms. The molecule has 0 radical (unpaired) electrons. The van der Waals surface area contributed by atoms with Crippen LogP contribution in [0.4, 0.5) is 5.69 Å². The van der Waals surface area contributed by atoms with Crippen LogP contribution in [0.1, 0.15) is 53.2 Å². The molecule has 24 heavy (non-hydrogen) atoms. The largest absolute Gasteiger partial charge is 0.332 e. The highest BCUT2D eigenvalue weighted by molar-refractivity contribution is 7.80. The van der Waals surface area contributed by atoms with E-state index in [1.54, 1.807) is 0 Å². The third-order valence-corrected chi connectivity index (χ3v) is 4.41. The minimum atomic E-state index is -0.189. The third-order valence-electron chi connectivity index (χ3n) is 4.21. The van der Waals surface area contributed by atoms with Crippen LogP contribution in [-0.4, -0.2) is 11.0 Å². The van der Waals surface area contributed by atoms with E-state index in [-0.39, 0.29) is 5.91 Å². The molecule has 2 N–H and O–H groups in total. The van der Waals surface area contributed by atoms with Crippen LogP contribution in [0.3, 0.4) is 0 Å². The minimum Gasteiger partial charge on any atom is -0.332 e. The molecule has 2 aromatic carbocycles. The fourth-order valence-electron chi connectivity index (χ4n) is 2.65. The SMILES string of the molecule is CC[C@@H](C)c1ccccc1NC(=S)NC(=O)c1ccc(C)cc1C. The maximum absolute atomic E-state index is 12.4. The molecule has 0 spiro atoms. The fourth-order valence-corrected chi connectivity index (χ4v) is 2.86. The van der Waals surface area contributed by atoms with Crippen LogP contribution in [0, 0.1) is 13.8 Å². The fraction of sp³-hybridized carbons (Fsp3) is 0.300. The van der Waals surface area contributed by atoms with Gasteiger partial charge >= 0.3 is 0 Å². The zero-order valence-corrected chi connectivity index (χ0v) is 15.5. The molecule has 1 amide bonds. The zero-order valence-electron chi connectivity index (χ0n) is 14.6. The molecule has 1 atom stereocenters. The lowest BCUT2D eigenvalue weighted by molar-refractivity contribution is 0.0977. The second kappa shape index (κ2) is 8.06. The van der Waals surface area contributed by atoms with Gasteiger partial charge in [0.25, 0.3) is 5.91 Å². The number of rotatable bonds is 4. The van der Waals surface area contributed by atoms with Crippen LogP contribution in [0.2, 0.25) is 0 Å². The van der Waals surface area contributed by atoms with Gasteiger partial charge in [-0.2, -0.15) is 0 Å². The van der Waals surface area contributed by atoms with E-state index in [0.717, 1.165) is 23.2 Å². The number of benzene rings is 2. The Bertz CT molecular complexity index is 755. The predicted molar refractivity (Wildman–Crippen MR) is 105 cm³/mol. The molecule has 0 aliphatic carbocycles. The van der Waals surface area contributed by atoms with Gasteiger partial charge < -0.3 is 5.32 Å². The molecule has 0 aromatic heterocycles. The van der Waals surface area contributed by atoms with Gasteiger partial charge in [0.1, 0.15) is 0 Å². The van der Waals surface area contributed by atoms with Crippen LogP contribution in [-0.2, 0) is 0 Å². The van der Waals surface area contributed by atoms with Crippen molar-refractivity contribution in [2.75, 3.05) is 5.32 Å². The first-order valence-corrected chi connectivity index (χ1v) is 8.61. The summed E-state index contributed by atoms with van der Waals surface area (Å²) in [6, 6.07) is 13.8. The second-order valence-corrected chi connectivity index (χ2v) is 6.53. The number of para-hydroxylation sites is 1. The van der Waals surface area contributed by atoms with E-state index in [9.17, 15) is 4.79 Å². The molecule has 0 saturated carbocycles. The minimum absolute atomic E-state index is 0.189. The summed E-state index contributed by atoms with van der Waals surface area (Å²) < 4.78 is 0. The molecule has 0 unspecified atom stereocenters. The van der Waals surface area contributed by atoms with E-state index in [4.69, 9.17) is 12.2 Å². The first-order chi connectivity index (χ1) is 11.4. The van der Waals surface area contributed by atoms with E-state index in [0.29, 0.717) is 16.6 Å². The van der Waals surface area contributed by atoms with Gasteiger partial charge in [-0.25, -0.2) is 0 Å². The standard InChI is InChI=1S/C20H24N2OS/c1-5-14(3)16-8-6-7-9-18(16)21-20(24)22-19(23)17-11-10-13(2)12-15(17)4/h6-12,14H,5H2,1-4H3,(H2,21,22,23,24)/t14-/m1/s1. The highest BCUT2D eigenvalue weighted by Crippen LogP contribution is 2.26. The summed E-state index contributed by atoms with van der Waals surface area (Å²) in [5, 5.41) is 6.24. The average molecular weight is 340 g/mol. The molecule has 126 valence electrons. The van der Waals surface area contributed by atoms with E-state index in [1.165, 1.54) is 5.56 Å². The summed E-state index contributed by atoms with van der Waals surface area (Å²) in [6.07, 6.45) is 1.04. The summed E-state index contributed by atoms with van der Waals surface area (Å²) >= 11 is 5.32. The van der Waals surface area contributed by atoms with Crippen molar-refractivity contribution in [3.63, 3.8) is 0 Å². The van der Waals surface area contributed by atoms with Crippen molar-refractivity contribution in [3.05, 3.63) is 64.7 Å². The molecule has 4 heteroatoms. The van der Waals surface area contributed by atoms with Gasteiger partial charge in [0.15, 0.2) is 5.11 Å². The van der Waals surface area contributed by atoms with Crippen molar-refractivity contribution in [2.24, 2.45) is 0 Å². The van der Waals surface area contributed by atoms with Gasteiger partial charge in [0, 0.05) is 11.3 Å². The maximum atomic E-state index is 12.4. The predicted octanol–water partition coefficient (Wildman–Crippen LogP) is 4.94. The Hall–Kier alpha value is -2.20. The summed E-state index contributed by atoms with van der Waals surface area (Å²) in [5.74, 6) is 0.234. The van der Waals surface area contributed by atoms with Crippen molar-refractivity contribution < 1.29 is 4.79 Å².